The Morgan fingerprint density at radius 3 is 2.67 bits per heavy atom. The van der Waals surface area contributed by atoms with Gasteiger partial charge in [0.15, 0.2) is 0 Å². The Bertz CT molecular complexity index is 170. The lowest BCUT2D eigenvalue weighted by Crippen LogP contribution is -2.35. The molecule has 12 heavy (non-hydrogen) atoms. The number of halogens is 1. The maximum Gasteiger partial charge on any atom is 0.322 e. The molecule has 0 spiro atoms. The normalized spacial score (nSPS) is 19.6. The molecule has 0 aromatic rings. The molecule has 1 unspecified atom stereocenters. The van der Waals surface area contributed by atoms with Crippen molar-refractivity contribution < 1.29 is 9.90 Å². The highest BCUT2D eigenvalue weighted by Gasteiger charge is 2.30. The predicted octanol–water partition coefficient (Wildman–Crippen LogP) is 1.16. The van der Waals surface area contributed by atoms with Crippen LogP contribution in [0.2, 0.25) is 0 Å². The summed E-state index contributed by atoms with van der Waals surface area (Å²) in [5.41, 5.74) is 0. The van der Waals surface area contributed by atoms with E-state index in [0.29, 0.717) is 12.6 Å². The fourth-order valence-electron chi connectivity index (χ4n) is 1.26. The zero-order valence-electron chi connectivity index (χ0n) is 7.16. The van der Waals surface area contributed by atoms with Gasteiger partial charge in [0.25, 0.3) is 0 Å². The lowest BCUT2D eigenvalue weighted by molar-refractivity contribution is -0.136. The number of aliphatic carboxylic acids is 1. The van der Waals surface area contributed by atoms with E-state index in [2.05, 4.69) is 4.90 Å². The summed E-state index contributed by atoms with van der Waals surface area (Å²) in [6.45, 7) is 3.39. The predicted molar refractivity (Wildman–Crippen MR) is 47.5 cm³/mol. The molecule has 0 saturated heterocycles. The van der Waals surface area contributed by atoms with E-state index in [0.717, 1.165) is 6.54 Å². The molecule has 1 atom stereocenters. The second-order valence-electron chi connectivity index (χ2n) is 3.12. The second kappa shape index (κ2) is 4.10. The first-order chi connectivity index (χ1) is 5.65. The summed E-state index contributed by atoms with van der Waals surface area (Å²) in [5, 5.41) is 7.81. The van der Waals surface area contributed by atoms with Gasteiger partial charge in [0.1, 0.15) is 5.38 Å². The van der Waals surface area contributed by atoms with Crippen LogP contribution in [0, 0.1) is 0 Å². The summed E-state index contributed by atoms with van der Waals surface area (Å²) < 4.78 is 0. The number of carboxylic acid groups (broad SMARTS) is 1. The monoisotopic (exact) mass is 191 g/mol. The molecular formula is C8H14ClNO2. The summed E-state index contributed by atoms with van der Waals surface area (Å²) in [7, 11) is 0. The van der Waals surface area contributed by atoms with Gasteiger partial charge in [0, 0.05) is 12.6 Å². The largest absolute Gasteiger partial charge is 0.480 e. The smallest absolute Gasteiger partial charge is 0.322 e. The number of carboxylic acids is 1. The van der Waals surface area contributed by atoms with Crippen LogP contribution in [0.25, 0.3) is 0 Å². The van der Waals surface area contributed by atoms with Crippen molar-refractivity contribution in [1.29, 1.82) is 0 Å². The minimum Gasteiger partial charge on any atom is -0.480 e. The number of nitrogens with zero attached hydrogens (tertiary/aromatic N) is 1. The summed E-state index contributed by atoms with van der Waals surface area (Å²) in [6, 6.07) is 0.593. The summed E-state index contributed by atoms with van der Waals surface area (Å²) in [6.07, 6.45) is 2.38. The highest BCUT2D eigenvalue weighted by Crippen LogP contribution is 2.26. The third kappa shape index (κ3) is 2.64. The van der Waals surface area contributed by atoms with Gasteiger partial charge in [0.2, 0.25) is 0 Å². The Morgan fingerprint density at radius 2 is 2.33 bits per heavy atom. The standard InChI is InChI=1S/C8H14ClNO2/c1-2-10(6-3-4-6)5-7(9)8(11)12/h6-7H,2-5H2,1H3,(H,11,12). The van der Waals surface area contributed by atoms with Crippen molar-refractivity contribution in [2.24, 2.45) is 0 Å². The van der Waals surface area contributed by atoms with Crippen molar-refractivity contribution in [2.75, 3.05) is 13.1 Å². The van der Waals surface area contributed by atoms with Crippen LogP contribution in [0.1, 0.15) is 19.8 Å². The lowest BCUT2D eigenvalue weighted by Gasteiger charge is -2.20. The molecule has 0 bridgehead atoms. The Labute approximate surface area is 77.3 Å². The highest BCUT2D eigenvalue weighted by atomic mass is 35.5. The Kier molecular flexibility index (Phi) is 3.35. The van der Waals surface area contributed by atoms with Gasteiger partial charge in [-0.1, -0.05) is 6.92 Å². The average Bonchev–Trinajstić information content (AvgIpc) is 2.82. The number of alkyl halides is 1. The first-order valence-corrected chi connectivity index (χ1v) is 4.69. The fraction of sp³-hybridized carbons (Fsp3) is 0.875. The topological polar surface area (TPSA) is 40.5 Å². The molecular weight excluding hydrogens is 178 g/mol. The van der Waals surface area contributed by atoms with Gasteiger partial charge in [-0.3, -0.25) is 9.69 Å². The third-order valence-electron chi connectivity index (χ3n) is 2.13. The van der Waals surface area contributed by atoms with Crippen LogP contribution in [0.5, 0.6) is 0 Å². The van der Waals surface area contributed by atoms with Crippen molar-refractivity contribution >= 4 is 17.6 Å². The van der Waals surface area contributed by atoms with Gasteiger partial charge < -0.3 is 5.11 Å². The molecule has 0 heterocycles. The quantitative estimate of drug-likeness (QED) is 0.664. The van der Waals surface area contributed by atoms with Crippen molar-refractivity contribution in [2.45, 2.75) is 31.2 Å². The summed E-state index contributed by atoms with van der Waals surface area (Å²) >= 11 is 5.62. The molecule has 3 nitrogen and oxygen atoms in total. The first-order valence-electron chi connectivity index (χ1n) is 4.26. The SMILES string of the molecule is CCN(CC(Cl)C(=O)O)C1CC1. The molecule has 4 heteroatoms. The average molecular weight is 192 g/mol. The molecule has 0 aromatic heterocycles. The third-order valence-corrected chi connectivity index (χ3v) is 2.46. The molecule has 1 rings (SSSR count). The molecule has 1 aliphatic rings. The van der Waals surface area contributed by atoms with E-state index in [1.807, 2.05) is 6.92 Å². The van der Waals surface area contributed by atoms with Gasteiger partial charge in [-0.15, -0.1) is 11.6 Å². The highest BCUT2D eigenvalue weighted by molar-refractivity contribution is 6.29. The summed E-state index contributed by atoms with van der Waals surface area (Å²) in [5.74, 6) is -0.921. The Hall–Kier alpha value is -0.280. The van der Waals surface area contributed by atoms with Crippen LogP contribution in [0.4, 0.5) is 0 Å². The minimum atomic E-state index is -0.921. The maximum absolute atomic E-state index is 10.4. The van der Waals surface area contributed by atoms with E-state index in [1.165, 1.54) is 12.8 Å². The minimum absolute atomic E-state index is 0.470. The molecule has 1 saturated carbocycles. The molecule has 0 aromatic carbocycles. The molecule has 0 amide bonds. The van der Waals surface area contributed by atoms with E-state index in [-0.39, 0.29) is 0 Å². The number of hydrogen-bond acceptors (Lipinski definition) is 2. The van der Waals surface area contributed by atoms with Crippen molar-refractivity contribution in [3.8, 4) is 0 Å². The number of rotatable bonds is 5. The number of hydrogen-bond donors (Lipinski definition) is 1. The number of carbonyl (C=O) groups is 1. The van der Waals surface area contributed by atoms with Crippen LogP contribution < -0.4 is 0 Å². The van der Waals surface area contributed by atoms with E-state index in [9.17, 15) is 4.79 Å². The summed E-state index contributed by atoms with van der Waals surface area (Å²) in [4.78, 5) is 12.6. The van der Waals surface area contributed by atoms with Crippen molar-refractivity contribution in [3.63, 3.8) is 0 Å². The van der Waals surface area contributed by atoms with Crippen LogP contribution in [0.3, 0.4) is 0 Å². The Morgan fingerprint density at radius 1 is 1.75 bits per heavy atom. The van der Waals surface area contributed by atoms with Gasteiger partial charge in [0.05, 0.1) is 0 Å². The van der Waals surface area contributed by atoms with Crippen LogP contribution in [0.15, 0.2) is 0 Å². The maximum atomic E-state index is 10.4. The van der Waals surface area contributed by atoms with Crippen LogP contribution in [-0.2, 0) is 4.79 Å². The molecule has 1 fully saturated rings. The van der Waals surface area contributed by atoms with Gasteiger partial charge in [-0.25, -0.2) is 0 Å². The van der Waals surface area contributed by atoms with Gasteiger partial charge >= 0.3 is 5.97 Å². The second-order valence-corrected chi connectivity index (χ2v) is 3.65. The zero-order chi connectivity index (χ0) is 9.14. The first kappa shape index (κ1) is 9.81. The molecule has 1 N–H and O–H groups in total. The van der Waals surface area contributed by atoms with E-state index in [4.69, 9.17) is 16.7 Å². The van der Waals surface area contributed by atoms with Crippen molar-refractivity contribution in [3.05, 3.63) is 0 Å². The van der Waals surface area contributed by atoms with E-state index in [1.54, 1.807) is 0 Å². The fourth-order valence-corrected chi connectivity index (χ4v) is 1.44. The molecule has 70 valence electrons. The lowest BCUT2D eigenvalue weighted by atomic mass is 10.3. The van der Waals surface area contributed by atoms with E-state index >= 15 is 0 Å². The molecule has 1 aliphatic carbocycles. The van der Waals surface area contributed by atoms with Crippen LogP contribution in [-0.4, -0.2) is 40.5 Å². The van der Waals surface area contributed by atoms with E-state index < -0.39 is 11.3 Å². The zero-order valence-corrected chi connectivity index (χ0v) is 7.92. The van der Waals surface area contributed by atoms with Crippen molar-refractivity contribution in [1.82, 2.24) is 4.90 Å². The molecule has 0 aliphatic heterocycles. The van der Waals surface area contributed by atoms with Gasteiger partial charge in [-0.05, 0) is 19.4 Å². The van der Waals surface area contributed by atoms with Gasteiger partial charge in [-0.2, -0.15) is 0 Å². The van der Waals surface area contributed by atoms with Crippen LogP contribution >= 0.6 is 11.6 Å². The Balaban J connectivity index is 2.30. The molecule has 0 radical (unpaired) electrons.